The average Bonchev–Trinajstić information content (AvgIpc) is 3.17. The summed E-state index contributed by atoms with van der Waals surface area (Å²) in [4.78, 5) is 11.1. The molecule has 3 rings (SSSR count). The highest BCUT2D eigenvalue weighted by atomic mass is 16.5. The van der Waals surface area contributed by atoms with Crippen molar-refractivity contribution in [1.82, 2.24) is 20.2 Å². The van der Waals surface area contributed by atoms with Gasteiger partial charge in [-0.1, -0.05) is 6.07 Å². The Hall–Kier alpha value is -2.70. The highest BCUT2D eigenvalue weighted by Crippen LogP contribution is 2.24. The molecule has 0 saturated carbocycles. The van der Waals surface area contributed by atoms with Crippen LogP contribution in [0, 0.1) is 6.92 Å². The van der Waals surface area contributed by atoms with Crippen LogP contribution in [-0.2, 0) is 6.54 Å². The van der Waals surface area contributed by atoms with Crippen molar-refractivity contribution in [3.05, 3.63) is 42.5 Å². The van der Waals surface area contributed by atoms with Gasteiger partial charge in [0.05, 0.1) is 7.11 Å². The highest BCUT2D eigenvalue weighted by Gasteiger charge is 2.21. The van der Waals surface area contributed by atoms with E-state index in [1.165, 1.54) is 5.69 Å². The molecule has 1 aliphatic heterocycles. The lowest BCUT2D eigenvalue weighted by molar-refractivity contribution is 0.414. The minimum atomic E-state index is 0.384. The smallest absolute Gasteiger partial charge is 0.191 e. The van der Waals surface area contributed by atoms with Crippen LogP contribution in [0.15, 0.2) is 41.7 Å². The third-order valence-corrected chi connectivity index (χ3v) is 5.45. The van der Waals surface area contributed by atoms with E-state index in [0.29, 0.717) is 6.04 Å². The lowest BCUT2D eigenvalue weighted by Gasteiger charge is -2.35. The summed E-state index contributed by atoms with van der Waals surface area (Å²) in [5, 5.41) is 7.06. The fourth-order valence-corrected chi connectivity index (χ4v) is 3.78. The molecule has 0 spiro atoms. The molecular formula is C22H34N6O. The Balaban J connectivity index is 1.42. The van der Waals surface area contributed by atoms with Crippen molar-refractivity contribution < 1.29 is 4.74 Å². The van der Waals surface area contributed by atoms with Crippen LogP contribution in [0.1, 0.15) is 31.5 Å². The number of guanidine groups is 1. The largest absolute Gasteiger partial charge is 0.497 e. The molecule has 2 heterocycles. The first-order chi connectivity index (χ1) is 14.2. The van der Waals surface area contributed by atoms with Crippen molar-refractivity contribution >= 4 is 11.6 Å². The number of nitrogens with zero attached hydrogens (tertiary/aromatic N) is 4. The molecule has 0 radical (unpaired) electrons. The second kappa shape index (κ2) is 10.7. The van der Waals surface area contributed by atoms with Gasteiger partial charge in [0.2, 0.25) is 0 Å². The summed E-state index contributed by atoms with van der Waals surface area (Å²) in [7, 11) is 3.55. The van der Waals surface area contributed by atoms with Crippen LogP contribution >= 0.6 is 0 Å². The molecule has 1 aliphatic rings. The number of anilines is 1. The molecule has 7 nitrogen and oxygen atoms in total. The van der Waals surface area contributed by atoms with Crippen molar-refractivity contribution in [1.29, 1.82) is 0 Å². The van der Waals surface area contributed by atoms with E-state index in [1.54, 1.807) is 7.11 Å². The second-order valence-corrected chi connectivity index (χ2v) is 7.50. The number of hydrogen-bond donors (Lipinski definition) is 2. The Kier molecular flexibility index (Phi) is 7.78. The summed E-state index contributed by atoms with van der Waals surface area (Å²) >= 11 is 0. The Morgan fingerprint density at radius 2 is 2.24 bits per heavy atom. The van der Waals surface area contributed by atoms with Crippen LogP contribution < -0.4 is 20.3 Å². The number of piperidine rings is 1. The molecule has 2 N–H and O–H groups in total. The molecule has 1 unspecified atom stereocenters. The minimum absolute atomic E-state index is 0.384. The summed E-state index contributed by atoms with van der Waals surface area (Å²) in [6, 6.07) is 8.69. The van der Waals surface area contributed by atoms with Crippen LogP contribution in [0.4, 0.5) is 5.69 Å². The molecule has 29 heavy (non-hydrogen) atoms. The molecule has 1 aromatic heterocycles. The van der Waals surface area contributed by atoms with Crippen LogP contribution in [0.3, 0.4) is 0 Å². The zero-order valence-corrected chi connectivity index (χ0v) is 17.9. The average molecular weight is 399 g/mol. The van der Waals surface area contributed by atoms with Gasteiger partial charge in [0, 0.05) is 63.4 Å². The number of hydrogen-bond acceptors (Lipinski definition) is 4. The van der Waals surface area contributed by atoms with Crippen molar-refractivity contribution in [2.24, 2.45) is 4.99 Å². The number of rotatable bonds is 8. The van der Waals surface area contributed by atoms with Crippen molar-refractivity contribution in [3.63, 3.8) is 0 Å². The summed E-state index contributed by atoms with van der Waals surface area (Å²) in [6.45, 7) is 6.01. The first-order valence-electron chi connectivity index (χ1n) is 10.5. The van der Waals surface area contributed by atoms with Gasteiger partial charge in [0.1, 0.15) is 11.6 Å². The zero-order chi connectivity index (χ0) is 20.5. The number of imidazole rings is 1. The number of nitrogens with one attached hydrogen (secondary N) is 2. The summed E-state index contributed by atoms with van der Waals surface area (Å²) in [5.74, 6) is 2.87. The number of aryl methyl sites for hydroxylation is 2. The molecule has 0 bridgehead atoms. The third-order valence-electron chi connectivity index (χ3n) is 5.45. The van der Waals surface area contributed by atoms with Crippen LogP contribution in [-0.4, -0.2) is 55.3 Å². The number of ether oxygens (including phenoxy) is 1. The predicted octanol–water partition coefficient (Wildman–Crippen LogP) is 2.81. The number of unbranched alkanes of at least 4 members (excludes halogenated alkanes) is 1. The summed E-state index contributed by atoms with van der Waals surface area (Å²) in [6.07, 6.45) is 8.43. The van der Waals surface area contributed by atoms with Crippen LogP contribution in [0.5, 0.6) is 5.75 Å². The van der Waals surface area contributed by atoms with E-state index in [2.05, 4.69) is 48.3 Å². The molecule has 158 valence electrons. The number of benzene rings is 1. The van der Waals surface area contributed by atoms with E-state index in [-0.39, 0.29) is 0 Å². The molecule has 1 fully saturated rings. The summed E-state index contributed by atoms with van der Waals surface area (Å²) < 4.78 is 7.57. The van der Waals surface area contributed by atoms with Crippen molar-refractivity contribution in [2.45, 2.75) is 45.2 Å². The molecule has 1 aromatic carbocycles. The molecule has 1 atom stereocenters. The predicted molar refractivity (Wildman–Crippen MR) is 119 cm³/mol. The van der Waals surface area contributed by atoms with E-state index in [4.69, 9.17) is 4.74 Å². The van der Waals surface area contributed by atoms with Gasteiger partial charge in [-0.2, -0.15) is 0 Å². The maximum absolute atomic E-state index is 5.37. The second-order valence-electron chi connectivity index (χ2n) is 7.50. The standard InChI is InChI=1S/C22H34N6O/c1-18-24-12-15-27(18)13-5-4-11-25-22(23-2)26-19-8-7-14-28(17-19)20-9-6-10-21(16-20)29-3/h6,9-10,12,15-16,19H,4-5,7-8,11,13-14,17H2,1-3H3,(H2,23,25,26). The van der Waals surface area contributed by atoms with Gasteiger partial charge in [-0.25, -0.2) is 4.98 Å². The molecule has 2 aromatic rings. The maximum Gasteiger partial charge on any atom is 0.191 e. The lowest BCUT2D eigenvalue weighted by Crippen LogP contribution is -2.51. The Labute approximate surface area is 174 Å². The van der Waals surface area contributed by atoms with Crippen LogP contribution in [0.2, 0.25) is 0 Å². The quantitative estimate of drug-likeness (QED) is 0.407. The van der Waals surface area contributed by atoms with E-state index in [1.807, 2.05) is 32.4 Å². The first kappa shape index (κ1) is 21.0. The molecule has 0 aliphatic carbocycles. The Morgan fingerprint density at radius 3 is 3.00 bits per heavy atom. The number of methoxy groups -OCH3 is 1. The van der Waals surface area contributed by atoms with Crippen molar-refractivity contribution in [3.8, 4) is 5.75 Å². The van der Waals surface area contributed by atoms with Gasteiger partial charge >= 0.3 is 0 Å². The lowest BCUT2D eigenvalue weighted by atomic mass is 10.0. The van der Waals surface area contributed by atoms with Gasteiger partial charge in [-0.05, 0) is 44.7 Å². The molecule has 0 amide bonds. The third kappa shape index (κ3) is 6.14. The van der Waals surface area contributed by atoms with E-state index in [9.17, 15) is 0 Å². The molecule has 1 saturated heterocycles. The Bertz CT molecular complexity index is 787. The first-order valence-corrected chi connectivity index (χ1v) is 10.5. The fourth-order valence-electron chi connectivity index (χ4n) is 3.78. The van der Waals surface area contributed by atoms with Gasteiger partial charge in [-0.15, -0.1) is 0 Å². The van der Waals surface area contributed by atoms with Gasteiger partial charge in [0.15, 0.2) is 5.96 Å². The van der Waals surface area contributed by atoms with Gasteiger partial charge in [0.25, 0.3) is 0 Å². The maximum atomic E-state index is 5.37. The highest BCUT2D eigenvalue weighted by molar-refractivity contribution is 5.80. The molecular weight excluding hydrogens is 364 g/mol. The zero-order valence-electron chi connectivity index (χ0n) is 17.9. The monoisotopic (exact) mass is 398 g/mol. The summed E-state index contributed by atoms with van der Waals surface area (Å²) in [5.41, 5.74) is 1.22. The fraction of sp³-hybridized carbons (Fsp3) is 0.545. The van der Waals surface area contributed by atoms with Crippen LogP contribution in [0.25, 0.3) is 0 Å². The van der Waals surface area contributed by atoms with Gasteiger partial charge < -0.3 is 24.8 Å². The number of aromatic nitrogens is 2. The van der Waals surface area contributed by atoms with E-state index in [0.717, 1.165) is 69.4 Å². The Morgan fingerprint density at radius 1 is 1.34 bits per heavy atom. The van der Waals surface area contributed by atoms with E-state index >= 15 is 0 Å². The minimum Gasteiger partial charge on any atom is -0.497 e. The SMILES string of the molecule is CN=C(NCCCCn1ccnc1C)NC1CCCN(c2cccc(OC)c2)C1. The number of aliphatic imine (C=N–C) groups is 1. The van der Waals surface area contributed by atoms with Gasteiger partial charge in [-0.3, -0.25) is 4.99 Å². The van der Waals surface area contributed by atoms with E-state index < -0.39 is 0 Å². The topological polar surface area (TPSA) is 66.7 Å². The van der Waals surface area contributed by atoms with Crippen molar-refractivity contribution in [2.75, 3.05) is 38.7 Å². The molecule has 7 heteroatoms. The normalized spacial score (nSPS) is 17.3.